The summed E-state index contributed by atoms with van der Waals surface area (Å²) in [5, 5.41) is 0. The van der Waals surface area contributed by atoms with E-state index in [2.05, 4.69) is 24.7 Å². The number of carbonyl (C=O) groups is 1. The maximum absolute atomic E-state index is 11.2. The molecule has 1 aromatic rings. The molecule has 0 saturated carbocycles. The Kier molecular flexibility index (Phi) is 6.20. The molecule has 0 fully saturated rings. The number of benzene rings is 1. The van der Waals surface area contributed by atoms with Crippen LogP contribution in [-0.4, -0.2) is 33.1 Å². The van der Waals surface area contributed by atoms with Crippen LogP contribution >= 0.6 is 7.26 Å². The number of rotatable bonds is 3. The molecule has 0 aromatic heterocycles. The van der Waals surface area contributed by atoms with Crippen molar-refractivity contribution in [1.29, 1.82) is 0 Å². The Labute approximate surface area is 108 Å². The first-order valence-electron chi connectivity index (χ1n) is 4.90. The van der Waals surface area contributed by atoms with Crippen LogP contribution in [0.2, 0.25) is 0 Å². The molecule has 0 bridgehead atoms. The molecule has 1 aromatic carbocycles. The molecule has 4 heteroatoms. The van der Waals surface area contributed by atoms with Gasteiger partial charge in [0.2, 0.25) is 0 Å². The van der Waals surface area contributed by atoms with Crippen LogP contribution in [0.15, 0.2) is 24.3 Å². The van der Waals surface area contributed by atoms with Gasteiger partial charge in [-0.15, -0.1) is 0 Å². The van der Waals surface area contributed by atoms with E-state index in [-0.39, 0.29) is 23.0 Å². The van der Waals surface area contributed by atoms with Crippen molar-refractivity contribution >= 4 is 13.2 Å². The molecule has 0 aliphatic rings. The van der Waals surface area contributed by atoms with Crippen LogP contribution in [0.25, 0.3) is 0 Å². The van der Waals surface area contributed by atoms with Crippen molar-refractivity contribution < 1.29 is 26.5 Å². The van der Waals surface area contributed by atoms with Crippen LogP contribution in [0.4, 0.5) is 0 Å². The lowest BCUT2D eigenvalue weighted by Gasteiger charge is -2.11. The Morgan fingerprint density at radius 3 is 2.06 bits per heavy atom. The topological polar surface area (TPSA) is 26.3 Å². The summed E-state index contributed by atoms with van der Waals surface area (Å²) in [6, 6.07) is 7.68. The highest BCUT2D eigenvalue weighted by Gasteiger charge is 2.17. The molecule has 0 aliphatic heterocycles. The fourth-order valence-corrected chi connectivity index (χ4v) is 2.72. The van der Waals surface area contributed by atoms with E-state index in [1.165, 1.54) is 12.7 Å². The van der Waals surface area contributed by atoms with Crippen LogP contribution in [-0.2, 0) is 10.9 Å². The third kappa shape index (κ3) is 5.09. The van der Waals surface area contributed by atoms with Crippen molar-refractivity contribution in [1.82, 2.24) is 0 Å². The van der Waals surface area contributed by atoms with Crippen molar-refractivity contribution in [3.63, 3.8) is 0 Å². The summed E-state index contributed by atoms with van der Waals surface area (Å²) in [6.45, 7) is 6.92. The standard InChI is InChI=1S/C12H18O2P.BrH/c1-14-12(13)11-7-5-10(6-8-11)9-15(2,3)4;/h5-8H,9H2,1-4H3;1H/q+1;/p-1. The molecule has 0 amide bonds. The molecule has 0 spiro atoms. The lowest BCUT2D eigenvalue weighted by Crippen LogP contribution is -3.00. The molecular weight excluding hydrogens is 287 g/mol. The minimum absolute atomic E-state index is 0. The second-order valence-corrected chi connectivity index (χ2v) is 9.53. The lowest BCUT2D eigenvalue weighted by molar-refractivity contribution is -0.0000181. The fraction of sp³-hybridized carbons (Fsp3) is 0.417. The maximum Gasteiger partial charge on any atom is 0.337 e. The van der Waals surface area contributed by atoms with E-state index in [9.17, 15) is 4.79 Å². The Morgan fingerprint density at radius 1 is 1.19 bits per heavy atom. The number of halogens is 1. The summed E-state index contributed by atoms with van der Waals surface area (Å²) in [7, 11) is 0.600. The molecule has 0 N–H and O–H groups in total. The van der Waals surface area contributed by atoms with E-state index in [0.29, 0.717) is 5.56 Å². The molecule has 90 valence electrons. The van der Waals surface area contributed by atoms with Crippen molar-refractivity contribution in [2.75, 3.05) is 27.1 Å². The zero-order chi connectivity index (χ0) is 11.5. The quantitative estimate of drug-likeness (QED) is 0.575. The molecule has 1 rings (SSSR count). The highest BCUT2D eigenvalue weighted by atomic mass is 79.9. The average Bonchev–Trinajstić information content (AvgIpc) is 2.15. The molecule has 0 radical (unpaired) electrons. The van der Waals surface area contributed by atoms with Crippen LogP contribution < -0.4 is 17.0 Å². The van der Waals surface area contributed by atoms with E-state index in [4.69, 9.17) is 0 Å². The fourth-order valence-electron chi connectivity index (χ4n) is 1.41. The second kappa shape index (κ2) is 6.36. The van der Waals surface area contributed by atoms with Gasteiger partial charge in [-0.25, -0.2) is 4.79 Å². The Morgan fingerprint density at radius 2 is 1.69 bits per heavy atom. The van der Waals surface area contributed by atoms with E-state index in [0.717, 1.165) is 6.16 Å². The van der Waals surface area contributed by atoms with Crippen molar-refractivity contribution in [2.45, 2.75) is 6.16 Å². The van der Waals surface area contributed by atoms with E-state index < -0.39 is 7.26 Å². The minimum Gasteiger partial charge on any atom is -1.00 e. The predicted octanol–water partition coefficient (Wildman–Crippen LogP) is -0.116. The molecule has 16 heavy (non-hydrogen) atoms. The molecule has 0 unspecified atom stereocenters. The first kappa shape index (κ1) is 15.6. The van der Waals surface area contributed by atoms with Gasteiger partial charge in [0.25, 0.3) is 0 Å². The zero-order valence-electron chi connectivity index (χ0n) is 10.2. The number of carbonyl (C=O) groups excluding carboxylic acids is 1. The SMILES string of the molecule is COC(=O)c1ccc(C[P+](C)(C)C)cc1.[Br-]. The largest absolute Gasteiger partial charge is 1.00 e. The second-order valence-electron chi connectivity index (χ2n) is 4.64. The lowest BCUT2D eigenvalue weighted by atomic mass is 10.1. The summed E-state index contributed by atoms with van der Waals surface area (Å²) >= 11 is 0. The average molecular weight is 305 g/mol. The Balaban J connectivity index is 0.00000225. The molecule has 0 heterocycles. The molecular formula is C12H18BrO2P. The van der Waals surface area contributed by atoms with Gasteiger partial charge in [-0.2, -0.15) is 0 Å². The van der Waals surface area contributed by atoms with Gasteiger partial charge in [0.15, 0.2) is 0 Å². The van der Waals surface area contributed by atoms with Gasteiger partial charge in [0.1, 0.15) is 0 Å². The zero-order valence-corrected chi connectivity index (χ0v) is 12.6. The predicted molar refractivity (Wildman–Crippen MR) is 66.2 cm³/mol. The third-order valence-corrected chi connectivity index (χ3v) is 3.35. The molecule has 0 aliphatic carbocycles. The highest BCUT2D eigenvalue weighted by molar-refractivity contribution is 7.72. The van der Waals surface area contributed by atoms with Gasteiger partial charge in [-0.05, 0) is 17.7 Å². The molecule has 0 saturated heterocycles. The van der Waals surface area contributed by atoms with Crippen molar-refractivity contribution in [2.24, 2.45) is 0 Å². The van der Waals surface area contributed by atoms with Crippen LogP contribution in [0.3, 0.4) is 0 Å². The van der Waals surface area contributed by atoms with Gasteiger partial charge in [0.05, 0.1) is 18.8 Å². The summed E-state index contributed by atoms with van der Waals surface area (Å²) in [5.74, 6) is -0.271. The van der Waals surface area contributed by atoms with E-state index in [1.807, 2.05) is 24.3 Å². The van der Waals surface area contributed by atoms with Crippen LogP contribution in [0.1, 0.15) is 15.9 Å². The normalized spacial score (nSPS) is 10.5. The maximum atomic E-state index is 11.2. The van der Waals surface area contributed by atoms with E-state index >= 15 is 0 Å². The van der Waals surface area contributed by atoms with Crippen LogP contribution in [0.5, 0.6) is 0 Å². The molecule has 0 atom stereocenters. The number of methoxy groups -OCH3 is 1. The smallest absolute Gasteiger partial charge is 0.337 e. The number of esters is 1. The summed E-state index contributed by atoms with van der Waals surface area (Å²) in [5.41, 5.74) is 1.91. The minimum atomic E-state index is -0.800. The Bertz CT molecular complexity index is 341. The van der Waals surface area contributed by atoms with Crippen molar-refractivity contribution in [3.8, 4) is 0 Å². The number of hydrogen-bond acceptors (Lipinski definition) is 2. The summed E-state index contributed by atoms with van der Waals surface area (Å²) in [4.78, 5) is 11.2. The number of ether oxygens (including phenoxy) is 1. The van der Waals surface area contributed by atoms with Gasteiger partial charge >= 0.3 is 5.97 Å². The van der Waals surface area contributed by atoms with Crippen molar-refractivity contribution in [3.05, 3.63) is 35.4 Å². The first-order valence-corrected chi connectivity index (χ1v) is 8.22. The Hall–Kier alpha value is -0.400. The molecule has 2 nitrogen and oxygen atoms in total. The third-order valence-electron chi connectivity index (χ3n) is 2.03. The summed E-state index contributed by atoms with van der Waals surface area (Å²) < 4.78 is 4.65. The van der Waals surface area contributed by atoms with Crippen LogP contribution in [0, 0.1) is 0 Å². The monoisotopic (exact) mass is 304 g/mol. The van der Waals surface area contributed by atoms with E-state index in [1.54, 1.807) is 0 Å². The number of hydrogen-bond donors (Lipinski definition) is 0. The van der Waals surface area contributed by atoms with Gasteiger partial charge in [0, 0.05) is 27.3 Å². The van der Waals surface area contributed by atoms with Gasteiger partial charge < -0.3 is 21.7 Å². The highest BCUT2D eigenvalue weighted by Crippen LogP contribution is 2.49. The van der Waals surface area contributed by atoms with Gasteiger partial charge in [-0.3, -0.25) is 0 Å². The van der Waals surface area contributed by atoms with Gasteiger partial charge in [-0.1, -0.05) is 12.1 Å². The summed E-state index contributed by atoms with van der Waals surface area (Å²) in [6.07, 6.45) is 1.12. The first-order chi connectivity index (χ1) is 6.92.